The van der Waals surface area contributed by atoms with Crippen LogP contribution in [0.2, 0.25) is 0 Å². The molecule has 0 bridgehead atoms. The lowest BCUT2D eigenvalue weighted by molar-refractivity contribution is -0.120. The van der Waals surface area contributed by atoms with E-state index in [0.29, 0.717) is 12.3 Å². The number of amides is 1. The maximum Gasteiger partial charge on any atom is 0.228 e. The van der Waals surface area contributed by atoms with E-state index in [0.717, 1.165) is 71.1 Å². The zero-order valence-corrected chi connectivity index (χ0v) is 15.3. The molecule has 2 fully saturated rings. The molecular formula is C19H30N4O2. The lowest BCUT2D eigenvalue weighted by Gasteiger charge is -2.36. The van der Waals surface area contributed by atoms with E-state index in [9.17, 15) is 4.79 Å². The summed E-state index contributed by atoms with van der Waals surface area (Å²) in [5, 5.41) is 0. The third kappa shape index (κ3) is 5.23. The van der Waals surface area contributed by atoms with Gasteiger partial charge in [-0.25, -0.2) is 4.98 Å². The fraction of sp³-hybridized carbons (Fsp3) is 0.684. The predicted octanol–water partition coefficient (Wildman–Crippen LogP) is 1.48. The third-order valence-electron chi connectivity index (χ3n) is 5.36. The molecule has 6 nitrogen and oxygen atoms in total. The van der Waals surface area contributed by atoms with Gasteiger partial charge in [0, 0.05) is 59.0 Å². The van der Waals surface area contributed by atoms with Crippen LogP contribution in [0.25, 0.3) is 0 Å². The minimum absolute atomic E-state index is 0.210. The number of ether oxygens (including phenoxy) is 1. The molecule has 138 valence electrons. The lowest BCUT2D eigenvalue weighted by atomic mass is 9.94. The van der Waals surface area contributed by atoms with Gasteiger partial charge in [0.05, 0.1) is 6.61 Å². The Hall–Kier alpha value is -1.50. The Bertz CT molecular complexity index is 531. The highest BCUT2D eigenvalue weighted by Crippen LogP contribution is 2.24. The van der Waals surface area contributed by atoms with E-state index in [1.54, 1.807) is 13.3 Å². The molecule has 2 aliphatic heterocycles. The quantitative estimate of drug-likeness (QED) is 0.748. The molecule has 2 aliphatic rings. The number of carbonyl (C=O) groups excluding carboxylic acids is 1. The number of piperazine rings is 1. The van der Waals surface area contributed by atoms with Crippen molar-refractivity contribution in [1.29, 1.82) is 0 Å². The molecule has 2 saturated heterocycles. The minimum atomic E-state index is 0.210. The molecule has 0 saturated carbocycles. The maximum absolute atomic E-state index is 12.2. The molecule has 1 unspecified atom stereocenters. The molecule has 0 radical (unpaired) electrons. The number of pyridine rings is 1. The average Bonchev–Trinajstić information content (AvgIpc) is 2.67. The zero-order valence-electron chi connectivity index (χ0n) is 15.3. The fourth-order valence-corrected chi connectivity index (χ4v) is 3.71. The summed E-state index contributed by atoms with van der Waals surface area (Å²) in [6, 6.07) is 5.77. The van der Waals surface area contributed by atoms with Crippen molar-refractivity contribution in [3.63, 3.8) is 0 Å². The second-order valence-electron chi connectivity index (χ2n) is 7.06. The number of nitrogens with zero attached hydrogens (tertiary/aromatic N) is 4. The fourth-order valence-electron chi connectivity index (χ4n) is 3.71. The second-order valence-corrected chi connectivity index (χ2v) is 7.06. The van der Waals surface area contributed by atoms with E-state index in [4.69, 9.17) is 4.74 Å². The molecule has 6 heteroatoms. The van der Waals surface area contributed by atoms with Crippen molar-refractivity contribution in [3.8, 4) is 0 Å². The highest BCUT2D eigenvalue weighted by atomic mass is 16.5. The highest BCUT2D eigenvalue weighted by molar-refractivity contribution is 5.93. The van der Waals surface area contributed by atoms with Gasteiger partial charge in [0.15, 0.2) is 0 Å². The molecule has 1 aromatic rings. The van der Waals surface area contributed by atoms with E-state index in [-0.39, 0.29) is 5.91 Å². The Morgan fingerprint density at radius 2 is 1.92 bits per heavy atom. The first-order valence-corrected chi connectivity index (χ1v) is 9.41. The molecule has 1 atom stereocenters. The average molecular weight is 346 g/mol. The van der Waals surface area contributed by atoms with Crippen molar-refractivity contribution in [2.24, 2.45) is 5.92 Å². The molecule has 0 aliphatic carbocycles. The standard InChI is InChI=1S/C19H30N4O2/c1-25-15-14-22-12-10-21(11-13-22)9-7-17-5-6-19(24)23(16-17)18-4-2-3-8-20-18/h2-4,8,17H,5-7,9-16H2,1H3. The number of piperidine rings is 1. The molecule has 1 aromatic heterocycles. The largest absolute Gasteiger partial charge is 0.383 e. The summed E-state index contributed by atoms with van der Waals surface area (Å²) in [6.45, 7) is 8.34. The van der Waals surface area contributed by atoms with Crippen molar-refractivity contribution < 1.29 is 9.53 Å². The molecule has 3 heterocycles. The van der Waals surface area contributed by atoms with Crippen LogP contribution in [-0.4, -0.2) is 80.2 Å². The first kappa shape index (κ1) is 18.3. The smallest absolute Gasteiger partial charge is 0.228 e. The Morgan fingerprint density at radius 3 is 2.60 bits per heavy atom. The van der Waals surface area contributed by atoms with Gasteiger partial charge < -0.3 is 9.64 Å². The van der Waals surface area contributed by atoms with E-state index >= 15 is 0 Å². The Morgan fingerprint density at radius 1 is 1.16 bits per heavy atom. The summed E-state index contributed by atoms with van der Waals surface area (Å²) >= 11 is 0. The normalized spacial score (nSPS) is 23.2. The summed E-state index contributed by atoms with van der Waals surface area (Å²) in [5.74, 6) is 1.58. The molecule has 0 spiro atoms. The van der Waals surface area contributed by atoms with Crippen molar-refractivity contribution in [2.75, 3.05) is 64.4 Å². The van der Waals surface area contributed by atoms with Gasteiger partial charge in [0.2, 0.25) is 5.91 Å². The molecular weight excluding hydrogens is 316 g/mol. The molecule has 25 heavy (non-hydrogen) atoms. The van der Waals surface area contributed by atoms with Crippen molar-refractivity contribution in [3.05, 3.63) is 24.4 Å². The van der Waals surface area contributed by atoms with Gasteiger partial charge in [-0.1, -0.05) is 6.07 Å². The number of hydrogen-bond donors (Lipinski definition) is 0. The number of carbonyl (C=O) groups is 1. The second kappa shape index (κ2) is 9.27. The van der Waals surface area contributed by atoms with Gasteiger partial charge in [0.25, 0.3) is 0 Å². The van der Waals surface area contributed by atoms with Crippen molar-refractivity contribution in [2.45, 2.75) is 19.3 Å². The van der Waals surface area contributed by atoms with Gasteiger partial charge in [-0.15, -0.1) is 0 Å². The summed E-state index contributed by atoms with van der Waals surface area (Å²) < 4.78 is 5.16. The van der Waals surface area contributed by atoms with Crippen LogP contribution >= 0.6 is 0 Å². The number of rotatable bonds is 7. The lowest BCUT2D eigenvalue weighted by Crippen LogP contribution is -2.48. The Balaban J connectivity index is 1.42. The van der Waals surface area contributed by atoms with Crippen LogP contribution in [0.1, 0.15) is 19.3 Å². The first-order valence-electron chi connectivity index (χ1n) is 9.41. The van der Waals surface area contributed by atoms with Gasteiger partial charge in [-0.05, 0) is 37.4 Å². The summed E-state index contributed by atoms with van der Waals surface area (Å²) in [5.41, 5.74) is 0. The van der Waals surface area contributed by atoms with Crippen LogP contribution in [0.3, 0.4) is 0 Å². The molecule has 1 amide bonds. The van der Waals surface area contributed by atoms with E-state index in [1.165, 1.54) is 0 Å². The Kier molecular flexibility index (Phi) is 6.78. The van der Waals surface area contributed by atoms with Crippen LogP contribution in [0.4, 0.5) is 5.82 Å². The van der Waals surface area contributed by atoms with Gasteiger partial charge in [-0.2, -0.15) is 0 Å². The summed E-state index contributed by atoms with van der Waals surface area (Å²) in [6.07, 6.45) is 4.58. The van der Waals surface area contributed by atoms with Crippen molar-refractivity contribution in [1.82, 2.24) is 14.8 Å². The molecule has 0 N–H and O–H groups in total. The maximum atomic E-state index is 12.2. The molecule has 0 aromatic carbocycles. The number of aromatic nitrogens is 1. The number of hydrogen-bond acceptors (Lipinski definition) is 5. The van der Waals surface area contributed by atoms with Gasteiger partial charge in [0.1, 0.15) is 5.82 Å². The van der Waals surface area contributed by atoms with Crippen molar-refractivity contribution >= 4 is 11.7 Å². The van der Waals surface area contributed by atoms with Gasteiger partial charge >= 0.3 is 0 Å². The van der Waals surface area contributed by atoms with E-state index < -0.39 is 0 Å². The SMILES string of the molecule is COCCN1CCN(CCC2CCC(=O)N(c3ccccn3)C2)CC1. The number of anilines is 1. The monoisotopic (exact) mass is 346 g/mol. The van der Waals surface area contributed by atoms with Crippen LogP contribution < -0.4 is 4.90 Å². The van der Waals surface area contributed by atoms with E-state index in [1.807, 2.05) is 23.1 Å². The number of methoxy groups -OCH3 is 1. The van der Waals surface area contributed by atoms with Gasteiger partial charge in [-0.3, -0.25) is 14.6 Å². The predicted molar refractivity (Wildman–Crippen MR) is 98.7 cm³/mol. The summed E-state index contributed by atoms with van der Waals surface area (Å²) in [4.78, 5) is 23.5. The zero-order chi connectivity index (χ0) is 17.5. The van der Waals surface area contributed by atoms with E-state index in [2.05, 4.69) is 14.8 Å². The minimum Gasteiger partial charge on any atom is -0.383 e. The highest BCUT2D eigenvalue weighted by Gasteiger charge is 2.28. The molecule has 3 rings (SSSR count). The first-order chi connectivity index (χ1) is 12.3. The van der Waals surface area contributed by atoms with Crippen LogP contribution in [0, 0.1) is 5.92 Å². The summed E-state index contributed by atoms with van der Waals surface area (Å²) in [7, 11) is 1.76. The topological polar surface area (TPSA) is 48.9 Å². The Labute approximate surface area is 150 Å². The van der Waals surface area contributed by atoms with Crippen LogP contribution in [0.15, 0.2) is 24.4 Å². The third-order valence-corrected chi connectivity index (χ3v) is 5.36. The van der Waals surface area contributed by atoms with Crippen LogP contribution in [0.5, 0.6) is 0 Å². The van der Waals surface area contributed by atoms with Crippen LogP contribution in [-0.2, 0) is 9.53 Å².